The lowest BCUT2D eigenvalue weighted by Gasteiger charge is -2.40. The van der Waals surface area contributed by atoms with Crippen molar-refractivity contribution < 1.29 is 4.79 Å². The molecule has 1 aromatic heterocycles. The Morgan fingerprint density at radius 3 is 2.76 bits per heavy atom. The van der Waals surface area contributed by atoms with E-state index in [1.165, 1.54) is 5.57 Å². The molecule has 1 aliphatic heterocycles. The van der Waals surface area contributed by atoms with E-state index in [0.717, 1.165) is 31.4 Å². The minimum absolute atomic E-state index is 0.243. The summed E-state index contributed by atoms with van der Waals surface area (Å²) in [7, 11) is 0. The number of rotatable bonds is 5. The fourth-order valence-corrected chi connectivity index (χ4v) is 2.96. The molecule has 1 unspecified atom stereocenters. The number of amides is 1. The van der Waals surface area contributed by atoms with Gasteiger partial charge < -0.3 is 4.90 Å². The number of carbonyl (C=O) groups excluding carboxylic acids is 1. The van der Waals surface area contributed by atoms with Gasteiger partial charge in [0.05, 0.1) is 0 Å². The van der Waals surface area contributed by atoms with E-state index in [-0.39, 0.29) is 11.3 Å². The van der Waals surface area contributed by atoms with Crippen molar-refractivity contribution in [3.63, 3.8) is 0 Å². The first-order chi connectivity index (χ1) is 9.98. The largest absolute Gasteiger partial charge is 0.338 e. The molecule has 21 heavy (non-hydrogen) atoms. The third-order valence-electron chi connectivity index (χ3n) is 4.29. The van der Waals surface area contributed by atoms with Crippen molar-refractivity contribution >= 4 is 5.91 Å². The number of pyridine rings is 1. The van der Waals surface area contributed by atoms with Gasteiger partial charge in [0.1, 0.15) is 0 Å². The fourth-order valence-electron chi connectivity index (χ4n) is 2.96. The highest BCUT2D eigenvalue weighted by Crippen LogP contribution is 2.35. The second-order valence-electron chi connectivity index (χ2n) is 6.74. The summed E-state index contributed by atoms with van der Waals surface area (Å²) in [5.74, 6) is 0.284. The number of nitrogens with zero attached hydrogens (tertiary/aromatic N) is 2. The molecule has 0 radical (unpaired) electrons. The average molecular weight is 286 g/mol. The van der Waals surface area contributed by atoms with Crippen molar-refractivity contribution in [3.05, 3.63) is 41.7 Å². The van der Waals surface area contributed by atoms with Gasteiger partial charge in [-0.25, -0.2) is 0 Å². The molecule has 114 valence electrons. The zero-order chi connectivity index (χ0) is 15.3. The number of hydrogen-bond donors (Lipinski definition) is 0. The molecule has 1 fully saturated rings. The van der Waals surface area contributed by atoms with E-state index < -0.39 is 0 Å². The van der Waals surface area contributed by atoms with Crippen molar-refractivity contribution in [2.45, 2.75) is 53.0 Å². The lowest BCUT2D eigenvalue weighted by Crippen LogP contribution is -2.44. The van der Waals surface area contributed by atoms with Gasteiger partial charge in [-0.15, -0.1) is 0 Å². The molecule has 1 amide bonds. The molecule has 1 atom stereocenters. The van der Waals surface area contributed by atoms with Gasteiger partial charge in [-0.1, -0.05) is 18.6 Å². The van der Waals surface area contributed by atoms with Gasteiger partial charge in [-0.05, 0) is 56.2 Å². The molecule has 1 aromatic rings. The lowest BCUT2D eigenvalue weighted by atomic mass is 9.77. The Kier molecular flexibility index (Phi) is 5.16. The van der Waals surface area contributed by atoms with Crippen LogP contribution in [0.25, 0.3) is 0 Å². The Labute approximate surface area is 128 Å². The summed E-state index contributed by atoms with van der Waals surface area (Å²) >= 11 is 0. The summed E-state index contributed by atoms with van der Waals surface area (Å²) < 4.78 is 0. The van der Waals surface area contributed by atoms with Crippen LogP contribution >= 0.6 is 0 Å². The Hall–Kier alpha value is -1.64. The summed E-state index contributed by atoms with van der Waals surface area (Å²) in [5.41, 5.74) is 2.78. The van der Waals surface area contributed by atoms with Gasteiger partial charge in [0.2, 0.25) is 5.91 Å². The standard InChI is InChI=1S/C18H26N2O/c1-15(2)5-4-9-18(3)10-6-17(21)20(14-18)13-16-7-11-19-12-8-16/h5,7-8,11-12H,4,6,9-10,13-14H2,1-3H3. The van der Waals surface area contributed by atoms with Crippen molar-refractivity contribution in [1.29, 1.82) is 0 Å². The quantitative estimate of drug-likeness (QED) is 0.768. The highest BCUT2D eigenvalue weighted by atomic mass is 16.2. The van der Waals surface area contributed by atoms with E-state index in [9.17, 15) is 4.79 Å². The molecule has 1 aliphatic rings. The number of piperidine rings is 1. The van der Waals surface area contributed by atoms with E-state index in [2.05, 4.69) is 31.8 Å². The summed E-state index contributed by atoms with van der Waals surface area (Å²) in [4.78, 5) is 18.2. The van der Waals surface area contributed by atoms with Gasteiger partial charge in [0, 0.05) is 31.9 Å². The van der Waals surface area contributed by atoms with E-state index in [1.807, 2.05) is 17.0 Å². The molecule has 0 bridgehead atoms. The van der Waals surface area contributed by atoms with E-state index in [0.29, 0.717) is 13.0 Å². The summed E-state index contributed by atoms with van der Waals surface area (Å²) in [6.07, 6.45) is 9.82. The first-order valence-corrected chi connectivity index (χ1v) is 7.79. The van der Waals surface area contributed by atoms with Crippen LogP contribution in [0.5, 0.6) is 0 Å². The summed E-state index contributed by atoms with van der Waals surface area (Å²) in [5, 5.41) is 0. The molecule has 2 heterocycles. The van der Waals surface area contributed by atoms with Crippen LogP contribution in [-0.2, 0) is 11.3 Å². The number of aromatic nitrogens is 1. The third kappa shape index (κ3) is 4.69. The Morgan fingerprint density at radius 2 is 2.10 bits per heavy atom. The number of allylic oxidation sites excluding steroid dienone is 2. The van der Waals surface area contributed by atoms with Crippen molar-refractivity contribution in [3.8, 4) is 0 Å². The minimum Gasteiger partial charge on any atom is -0.338 e. The fraction of sp³-hybridized carbons (Fsp3) is 0.556. The van der Waals surface area contributed by atoms with Crippen molar-refractivity contribution in [1.82, 2.24) is 9.88 Å². The van der Waals surface area contributed by atoms with Crippen LogP contribution in [0.4, 0.5) is 0 Å². The van der Waals surface area contributed by atoms with Crippen LogP contribution in [0.15, 0.2) is 36.2 Å². The van der Waals surface area contributed by atoms with Crippen LogP contribution in [0.1, 0.15) is 52.0 Å². The van der Waals surface area contributed by atoms with Crippen molar-refractivity contribution in [2.75, 3.05) is 6.54 Å². The molecular weight excluding hydrogens is 260 g/mol. The Balaban J connectivity index is 1.98. The Morgan fingerprint density at radius 1 is 1.38 bits per heavy atom. The van der Waals surface area contributed by atoms with Gasteiger partial charge in [0.25, 0.3) is 0 Å². The maximum atomic E-state index is 12.2. The zero-order valence-electron chi connectivity index (χ0n) is 13.4. The molecule has 0 saturated carbocycles. The molecule has 3 nitrogen and oxygen atoms in total. The first-order valence-electron chi connectivity index (χ1n) is 7.79. The highest BCUT2D eigenvalue weighted by molar-refractivity contribution is 5.77. The monoisotopic (exact) mass is 286 g/mol. The molecule has 0 spiro atoms. The SMILES string of the molecule is CC(C)=CCCC1(C)CCC(=O)N(Cc2ccncc2)C1. The summed E-state index contributed by atoms with van der Waals surface area (Å²) in [6, 6.07) is 3.98. The zero-order valence-corrected chi connectivity index (χ0v) is 13.4. The highest BCUT2D eigenvalue weighted by Gasteiger charge is 2.34. The second kappa shape index (κ2) is 6.88. The average Bonchev–Trinajstić information content (AvgIpc) is 2.44. The van der Waals surface area contributed by atoms with Gasteiger partial charge in [-0.2, -0.15) is 0 Å². The molecule has 3 heteroatoms. The van der Waals surface area contributed by atoms with Gasteiger partial charge >= 0.3 is 0 Å². The first kappa shape index (κ1) is 15.7. The van der Waals surface area contributed by atoms with Crippen molar-refractivity contribution in [2.24, 2.45) is 5.41 Å². The number of likely N-dealkylation sites (tertiary alicyclic amines) is 1. The van der Waals surface area contributed by atoms with Crippen LogP contribution in [-0.4, -0.2) is 22.3 Å². The molecule has 1 saturated heterocycles. The van der Waals surface area contributed by atoms with Crippen LogP contribution < -0.4 is 0 Å². The van der Waals surface area contributed by atoms with Crippen LogP contribution in [0, 0.1) is 5.41 Å². The minimum atomic E-state index is 0.243. The molecule has 0 aromatic carbocycles. The van der Waals surface area contributed by atoms with Gasteiger partial charge in [-0.3, -0.25) is 9.78 Å². The van der Waals surface area contributed by atoms with Gasteiger partial charge in [0.15, 0.2) is 0 Å². The Bertz CT molecular complexity index is 505. The predicted molar refractivity (Wildman–Crippen MR) is 85.7 cm³/mol. The number of carbonyl (C=O) groups is 1. The smallest absolute Gasteiger partial charge is 0.222 e. The van der Waals surface area contributed by atoms with E-state index in [1.54, 1.807) is 12.4 Å². The maximum Gasteiger partial charge on any atom is 0.222 e. The predicted octanol–water partition coefficient (Wildman–Crippen LogP) is 3.96. The molecule has 0 aliphatic carbocycles. The van der Waals surface area contributed by atoms with E-state index >= 15 is 0 Å². The molecule has 0 N–H and O–H groups in total. The van der Waals surface area contributed by atoms with Crippen LogP contribution in [0.2, 0.25) is 0 Å². The van der Waals surface area contributed by atoms with E-state index in [4.69, 9.17) is 0 Å². The van der Waals surface area contributed by atoms with Crippen LogP contribution in [0.3, 0.4) is 0 Å². The topological polar surface area (TPSA) is 33.2 Å². The maximum absolute atomic E-state index is 12.2. The lowest BCUT2D eigenvalue weighted by molar-refractivity contribution is -0.138. The number of hydrogen-bond acceptors (Lipinski definition) is 2. The molecule has 2 rings (SSSR count). The summed E-state index contributed by atoms with van der Waals surface area (Å²) in [6.45, 7) is 8.17. The molecular formula is C18H26N2O. The second-order valence-corrected chi connectivity index (χ2v) is 6.74. The normalized spacial score (nSPS) is 22.2. The third-order valence-corrected chi connectivity index (χ3v) is 4.29.